The van der Waals surface area contributed by atoms with Gasteiger partial charge in [0.2, 0.25) is 0 Å². The molecule has 0 spiro atoms. The highest BCUT2D eigenvalue weighted by molar-refractivity contribution is 6.24. The fourth-order valence-corrected chi connectivity index (χ4v) is 8.32. The Morgan fingerprint density at radius 1 is 0.353 bits per heavy atom. The SMILES string of the molecule is CCCCCCc1ccc(CCCCC)cc1-c1ccc2c(-c3cccc4ccccc34)c3ccccc3c(-c3ccc4ccccc4c3)c2c1. The molecular formula is C51H48. The van der Waals surface area contributed by atoms with Crippen molar-refractivity contribution in [3.05, 3.63) is 157 Å². The summed E-state index contributed by atoms with van der Waals surface area (Å²) in [6.07, 6.45) is 11.1. The number of aryl methyl sites for hydroxylation is 2. The number of benzene rings is 8. The monoisotopic (exact) mass is 660 g/mol. The summed E-state index contributed by atoms with van der Waals surface area (Å²) >= 11 is 0. The first-order valence-electron chi connectivity index (χ1n) is 19.3. The van der Waals surface area contributed by atoms with Gasteiger partial charge in [0.25, 0.3) is 0 Å². The molecule has 0 saturated carbocycles. The minimum absolute atomic E-state index is 1.12. The normalized spacial score (nSPS) is 11.6. The molecule has 0 aliphatic heterocycles. The number of rotatable bonds is 12. The molecule has 51 heavy (non-hydrogen) atoms. The summed E-state index contributed by atoms with van der Waals surface area (Å²) in [7, 11) is 0. The van der Waals surface area contributed by atoms with E-state index in [0.717, 1.165) is 12.8 Å². The largest absolute Gasteiger partial charge is 0.0654 e. The minimum atomic E-state index is 1.12. The van der Waals surface area contributed by atoms with E-state index in [1.807, 2.05) is 0 Å². The van der Waals surface area contributed by atoms with Gasteiger partial charge in [-0.1, -0.05) is 179 Å². The van der Waals surface area contributed by atoms with E-state index in [9.17, 15) is 0 Å². The zero-order valence-corrected chi connectivity index (χ0v) is 30.2. The maximum absolute atomic E-state index is 2.53. The highest BCUT2D eigenvalue weighted by Gasteiger charge is 2.19. The van der Waals surface area contributed by atoms with Crippen LogP contribution in [0.1, 0.15) is 69.9 Å². The first kappa shape index (κ1) is 33.0. The molecule has 8 aromatic rings. The van der Waals surface area contributed by atoms with Crippen LogP contribution in [0.3, 0.4) is 0 Å². The molecule has 0 bridgehead atoms. The third-order valence-corrected chi connectivity index (χ3v) is 11.0. The molecule has 0 heterocycles. The Morgan fingerprint density at radius 3 is 1.82 bits per heavy atom. The van der Waals surface area contributed by atoms with Gasteiger partial charge >= 0.3 is 0 Å². The molecule has 0 amide bonds. The first-order chi connectivity index (χ1) is 25.2. The van der Waals surface area contributed by atoms with Gasteiger partial charge in [0.05, 0.1) is 0 Å². The van der Waals surface area contributed by atoms with Gasteiger partial charge in [-0.3, -0.25) is 0 Å². The maximum Gasteiger partial charge on any atom is -0.00201 e. The van der Waals surface area contributed by atoms with Crippen LogP contribution in [0.4, 0.5) is 0 Å². The fourth-order valence-electron chi connectivity index (χ4n) is 8.32. The Kier molecular flexibility index (Phi) is 9.67. The van der Waals surface area contributed by atoms with E-state index in [0.29, 0.717) is 0 Å². The van der Waals surface area contributed by atoms with Crippen molar-refractivity contribution in [2.75, 3.05) is 0 Å². The van der Waals surface area contributed by atoms with Gasteiger partial charge in [-0.25, -0.2) is 0 Å². The van der Waals surface area contributed by atoms with Crippen LogP contribution in [0.15, 0.2) is 146 Å². The van der Waals surface area contributed by atoms with E-state index >= 15 is 0 Å². The predicted molar refractivity (Wildman–Crippen MR) is 224 cm³/mol. The zero-order valence-electron chi connectivity index (χ0n) is 30.2. The summed E-state index contributed by atoms with van der Waals surface area (Å²) in [5, 5.41) is 10.3. The van der Waals surface area contributed by atoms with Crippen LogP contribution in [0.2, 0.25) is 0 Å². The van der Waals surface area contributed by atoms with Crippen molar-refractivity contribution in [3.8, 4) is 33.4 Å². The van der Waals surface area contributed by atoms with Crippen molar-refractivity contribution in [1.82, 2.24) is 0 Å². The molecule has 8 rings (SSSR count). The number of fused-ring (bicyclic) bond motifs is 4. The smallest absolute Gasteiger partial charge is 0.00201 e. The van der Waals surface area contributed by atoms with E-state index < -0.39 is 0 Å². The number of hydrogen-bond acceptors (Lipinski definition) is 0. The summed E-state index contributed by atoms with van der Waals surface area (Å²) in [5.74, 6) is 0. The molecule has 0 unspecified atom stereocenters. The van der Waals surface area contributed by atoms with Gasteiger partial charge in [-0.15, -0.1) is 0 Å². The highest BCUT2D eigenvalue weighted by Crippen LogP contribution is 2.47. The van der Waals surface area contributed by atoms with Crippen molar-refractivity contribution < 1.29 is 0 Å². The molecule has 0 fully saturated rings. The fraction of sp³-hybridized carbons (Fsp3) is 0.216. The Bertz CT molecular complexity index is 2470. The van der Waals surface area contributed by atoms with Crippen molar-refractivity contribution >= 4 is 43.1 Å². The molecule has 0 aromatic heterocycles. The van der Waals surface area contributed by atoms with E-state index in [4.69, 9.17) is 0 Å². The zero-order chi connectivity index (χ0) is 34.6. The lowest BCUT2D eigenvalue weighted by Crippen LogP contribution is -1.96. The quantitative estimate of drug-likeness (QED) is 0.0904. The second kappa shape index (κ2) is 15.0. The van der Waals surface area contributed by atoms with Crippen molar-refractivity contribution in [1.29, 1.82) is 0 Å². The molecule has 0 radical (unpaired) electrons. The van der Waals surface area contributed by atoms with Crippen LogP contribution in [0.5, 0.6) is 0 Å². The van der Waals surface area contributed by atoms with Crippen LogP contribution in [-0.4, -0.2) is 0 Å². The standard InChI is InChI=1S/C51H48/c1-3-5-7-9-19-39-28-27-36(17-8-6-4-2)33-48(39)41-31-32-47-49(35-41)50(42-30-29-37-18-10-11-21-40(37)34-42)45-24-14-15-25-46(45)51(47)44-26-16-22-38-20-12-13-23-43(38)44/h10-16,18,20-35H,3-9,17,19H2,1-2H3. The summed E-state index contributed by atoms with van der Waals surface area (Å²) in [5.41, 5.74) is 10.9. The van der Waals surface area contributed by atoms with E-state index in [1.165, 1.54) is 133 Å². The lowest BCUT2D eigenvalue weighted by atomic mass is 9.83. The van der Waals surface area contributed by atoms with Crippen LogP contribution >= 0.6 is 0 Å². The summed E-state index contributed by atoms with van der Waals surface area (Å²) < 4.78 is 0. The molecule has 8 aromatic carbocycles. The second-order valence-corrected chi connectivity index (χ2v) is 14.4. The van der Waals surface area contributed by atoms with E-state index in [2.05, 4.69) is 159 Å². The molecular weight excluding hydrogens is 613 g/mol. The Hall–Kier alpha value is -5.20. The van der Waals surface area contributed by atoms with E-state index in [1.54, 1.807) is 0 Å². The van der Waals surface area contributed by atoms with Crippen LogP contribution in [0, 0.1) is 0 Å². The van der Waals surface area contributed by atoms with Crippen molar-refractivity contribution in [2.24, 2.45) is 0 Å². The molecule has 0 nitrogen and oxygen atoms in total. The molecule has 0 aliphatic carbocycles. The van der Waals surface area contributed by atoms with Gasteiger partial charge in [-0.2, -0.15) is 0 Å². The topological polar surface area (TPSA) is 0 Å². The minimum Gasteiger partial charge on any atom is -0.0654 e. The molecule has 0 N–H and O–H groups in total. The Balaban J connectivity index is 1.42. The van der Waals surface area contributed by atoms with Crippen molar-refractivity contribution in [3.63, 3.8) is 0 Å². The summed E-state index contributed by atoms with van der Waals surface area (Å²) in [6.45, 7) is 4.60. The van der Waals surface area contributed by atoms with Gasteiger partial charge in [0, 0.05) is 0 Å². The Labute approximate surface area is 303 Å². The summed E-state index contributed by atoms with van der Waals surface area (Å²) in [4.78, 5) is 0. The third kappa shape index (κ3) is 6.57. The lowest BCUT2D eigenvalue weighted by Gasteiger charge is -2.20. The van der Waals surface area contributed by atoms with Gasteiger partial charge in [0.15, 0.2) is 0 Å². The predicted octanol–water partition coefficient (Wildman–Crippen LogP) is 15.2. The first-order valence-corrected chi connectivity index (χ1v) is 19.3. The highest BCUT2D eigenvalue weighted by atomic mass is 14.2. The average molecular weight is 661 g/mol. The Morgan fingerprint density at radius 2 is 1.00 bits per heavy atom. The van der Waals surface area contributed by atoms with Crippen LogP contribution in [0.25, 0.3) is 76.5 Å². The number of hydrogen-bond donors (Lipinski definition) is 0. The van der Waals surface area contributed by atoms with Gasteiger partial charge in [0.1, 0.15) is 0 Å². The van der Waals surface area contributed by atoms with E-state index in [-0.39, 0.29) is 0 Å². The summed E-state index contributed by atoms with van der Waals surface area (Å²) in [6, 6.07) is 55.2. The average Bonchev–Trinajstić information content (AvgIpc) is 3.18. The van der Waals surface area contributed by atoms with Crippen LogP contribution in [-0.2, 0) is 12.8 Å². The molecule has 0 atom stereocenters. The van der Waals surface area contributed by atoms with Gasteiger partial charge in [-0.05, 0) is 125 Å². The number of unbranched alkanes of at least 4 members (excludes halogenated alkanes) is 5. The lowest BCUT2D eigenvalue weighted by molar-refractivity contribution is 0.667. The maximum atomic E-state index is 2.53. The molecule has 252 valence electrons. The van der Waals surface area contributed by atoms with Crippen molar-refractivity contribution in [2.45, 2.75) is 71.6 Å². The van der Waals surface area contributed by atoms with Gasteiger partial charge < -0.3 is 0 Å². The van der Waals surface area contributed by atoms with Crippen LogP contribution < -0.4 is 0 Å². The molecule has 0 aliphatic rings. The third-order valence-electron chi connectivity index (χ3n) is 11.0. The molecule has 0 saturated heterocycles. The second-order valence-electron chi connectivity index (χ2n) is 14.4. The molecule has 0 heteroatoms.